The molecule has 1 fully saturated rings. The zero-order valence-corrected chi connectivity index (χ0v) is 17.0. The van der Waals surface area contributed by atoms with Crippen molar-refractivity contribution in [2.75, 3.05) is 40.3 Å². The van der Waals surface area contributed by atoms with Crippen LogP contribution in [0.25, 0.3) is 0 Å². The highest BCUT2D eigenvalue weighted by atomic mass is 32.2. The molecular formula is C17H31N5O3S. The van der Waals surface area contributed by atoms with Gasteiger partial charge in [0.1, 0.15) is 0 Å². The third kappa shape index (κ3) is 5.52. The van der Waals surface area contributed by atoms with Gasteiger partial charge in [0.05, 0.1) is 5.69 Å². The van der Waals surface area contributed by atoms with E-state index in [1.165, 1.54) is 8.99 Å². The highest BCUT2D eigenvalue weighted by Gasteiger charge is 2.31. The fraction of sp³-hybridized carbons (Fsp3) is 0.765. The second kappa shape index (κ2) is 8.96. The first kappa shape index (κ1) is 20.9. The summed E-state index contributed by atoms with van der Waals surface area (Å²) >= 11 is 0. The van der Waals surface area contributed by atoms with Crippen LogP contribution in [0.4, 0.5) is 0 Å². The molecule has 148 valence electrons. The Morgan fingerprint density at radius 3 is 2.54 bits per heavy atom. The number of carbonyl (C=O) groups is 1. The summed E-state index contributed by atoms with van der Waals surface area (Å²) in [7, 11) is 2.10. The number of piperidine rings is 1. The van der Waals surface area contributed by atoms with Gasteiger partial charge < -0.3 is 10.2 Å². The van der Waals surface area contributed by atoms with Crippen LogP contribution in [0.2, 0.25) is 0 Å². The third-order valence-electron chi connectivity index (χ3n) is 4.80. The van der Waals surface area contributed by atoms with Crippen LogP contribution in [-0.4, -0.2) is 73.6 Å². The Morgan fingerprint density at radius 2 is 2.00 bits per heavy atom. The van der Waals surface area contributed by atoms with E-state index in [0.717, 1.165) is 25.8 Å². The number of amides is 1. The van der Waals surface area contributed by atoms with Gasteiger partial charge in [-0.2, -0.15) is 9.40 Å². The maximum atomic E-state index is 12.8. The van der Waals surface area contributed by atoms with Crippen LogP contribution in [0.5, 0.6) is 0 Å². The van der Waals surface area contributed by atoms with E-state index in [9.17, 15) is 13.2 Å². The minimum Gasteiger partial charge on any atom is -0.355 e. The number of nitrogens with zero attached hydrogens (tertiary/aromatic N) is 4. The van der Waals surface area contributed by atoms with Gasteiger partial charge in [-0.15, -0.1) is 0 Å². The van der Waals surface area contributed by atoms with Crippen LogP contribution in [0.15, 0.2) is 11.1 Å². The van der Waals surface area contributed by atoms with E-state index in [1.807, 2.05) is 19.0 Å². The minimum absolute atomic E-state index is 0.0762. The van der Waals surface area contributed by atoms with Crippen LogP contribution >= 0.6 is 0 Å². The molecule has 9 heteroatoms. The zero-order valence-electron chi connectivity index (χ0n) is 16.2. The quantitative estimate of drug-likeness (QED) is 0.708. The van der Waals surface area contributed by atoms with Crippen LogP contribution in [0.1, 0.15) is 31.4 Å². The Bertz CT molecular complexity index is 706. The largest absolute Gasteiger partial charge is 0.355 e. The van der Waals surface area contributed by atoms with Crippen molar-refractivity contribution in [3.8, 4) is 0 Å². The molecule has 8 nitrogen and oxygen atoms in total. The molecule has 1 aliphatic rings. The Balaban J connectivity index is 1.78. The molecule has 0 atom stereocenters. The van der Waals surface area contributed by atoms with Crippen molar-refractivity contribution in [1.82, 2.24) is 24.3 Å². The van der Waals surface area contributed by atoms with Crippen LogP contribution < -0.4 is 5.32 Å². The van der Waals surface area contributed by atoms with E-state index in [1.54, 1.807) is 20.0 Å². The molecule has 0 unspecified atom stereocenters. The summed E-state index contributed by atoms with van der Waals surface area (Å²) in [5, 5.41) is 7.30. The summed E-state index contributed by atoms with van der Waals surface area (Å²) in [6.07, 6.45) is 2.90. The third-order valence-corrected chi connectivity index (χ3v) is 6.75. The Morgan fingerprint density at radius 1 is 1.35 bits per heavy atom. The lowest BCUT2D eigenvalue weighted by Gasteiger charge is -2.31. The number of rotatable bonds is 8. The monoisotopic (exact) mass is 385 g/mol. The van der Waals surface area contributed by atoms with Crippen molar-refractivity contribution in [2.24, 2.45) is 13.0 Å². The number of hydrogen-bond donors (Lipinski definition) is 1. The van der Waals surface area contributed by atoms with Crippen LogP contribution in [-0.2, 0) is 21.9 Å². The maximum absolute atomic E-state index is 12.8. The molecule has 0 bridgehead atoms. The van der Waals surface area contributed by atoms with Gasteiger partial charge >= 0.3 is 0 Å². The zero-order chi connectivity index (χ0) is 19.3. The average Bonchev–Trinajstić information content (AvgIpc) is 2.92. The molecule has 1 amide bonds. The summed E-state index contributed by atoms with van der Waals surface area (Å²) in [6, 6.07) is 1.61. The molecular weight excluding hydrogens is 354 g/mol. The first-order valence-corrected chi connectivity index (χ1v) is 10.6. The minimum atomic E-state index is -3.50. The van der Waals surface area contributed by atoms with Crippen molar-refractivity contribution in [3.63, 3.8) is 0 Å². The summed E-state index contributed by atoms with van der Waals surface area (Å²) in [5.41, 5.74) is 0.696. The predicted molar refractivity (Wildman–Crippen MR) is 100 cm³/mol. The molecule has 1 saturated heterocycles. The number of sulfonamides is 1. The summed E-state index contributed by atoms with van der Waals surface area (Å²) in [5.74, 6) is 0.474. The van der Waals surface area contributed by atoms with Crippen molar-refractivity contribution < 1.29 is 13.2 Å². The Labute approximate surface area is 156 Å². The van der Waals surface area contributed by atoms with E-state index in [4.69, 9.17) is 0 Å². The first-order valence-electron chi connectivity index (χ1n) is 9.12. The normalized spacial score (nSPS) is 17.0. The number of hydrogen-bond acceptors (Lipinski definition) is 5. The fourth-order valence-corrected chi connectivity index (χ4v) is 4.89. The second-order valence-electron chi connectivity index (χ2n) is 7.29. The molecule has 0 aromatic carbocycles. The number of nitrogens with one attached hydrogen (secondary N) is 1. The lowest BCUT2D eigenvalue weighted by Crippen LogP contribution is -2.39. The van der Waals surface area contributed by atoms with E-state index in [2.05, 4.69) is 10.4 Å². The molecule has 26 heavy (non-hydrogen) atoms. The Hall–Kier alpha value is -1.45. The maximum Gasteiger partial charge on any atom is 0.260 e. The Kier molecular flexibility index (Phi) is 7.19. The summed E-state index contributed by atoms with van der Waals surface area (Å²) in [6.45, 7) is 4.27. The van der Waals surface area contributed by atoms with Gasteiger partial charge in [0.2, 0.25) is 5.91 Å². The molecule has 0 radical (unpaired) electrons. The van der Waals surface area contributed by atoms with Gasteiger partial charge in [0, 0.05) is 39.6 Å². The van der Waals surface area contributed by atoms with Gasteiger partial charge in [-0.05, 0) is 52.3 Å². The summed E-state index contributed by atoms with van der Waals surface area (Å²) in [4.78, 5) is 13.9. The van der Waals surface area contributed by atoms with E-state index in [-0.39, 0.29) is 10.9 Å². The van der Waals surface area contributed by atoms with E-state index >= 15 is 0 Å². The van der Waals surface area contributed by atoms with Crippen LogP contribution in [0.3, 0.4) is 0 Å². The lowest BCUT2D eigenvalue weighted by atomic mass is 9.93. The van der Waals surface area contributed by atoms with Gasteiger partial charge in [-0.25, -0.2) is 8.42 Å². The highest BCUT2D eigenvalue weighted by molar-refractivity contribution is 7.89. The highest BCUT2D eigenvalue weighted by Crippen LogP contribution is 2.26. The average molecular weight is 386 g/mol. The molecule has 2 rings (SSSR count). The van der Waals surface area contributed by atoms with E-state index < -0.39 is 10.0 Å². The van der Waals surface area contributed by atoms with Crippen molar-refractivity contribution in [3.05, 3.63) is 11.8 Å². The molecule has 1 N–H and O–H groups in total. The van der Waals surface area contributed by atoms with Crippen molar-refractivity contribution in [1.29, 1.82) is 0 Å². The fourth-order valence-electron chi connectivity index (χ4n) is 3.24. The van der Waals surface area contributed by atoms with Crippen molar-refractivity contribution >= 4 is 15.9 Å². The molecule has 1 aliphatic heterocycles. The van der Waals surface area contributed by atoms with Gasteiger partial charge in [0.15, 0.2) is 5.03 Å². The lowest BCUT2D eigenvalue weighted by molar-refractivity contribution is -0.121. The summed E-state index contributed by atoms with van der Waals surface area (Å²) < 4.78 is 28.5. The molecule has 0 saturated carbocycles. The molecule has 1 aromatic rings. The standard InChI is InChI=1S/C17H31N5O3S/c1-14-13-17(21(4)19-14)26(24,25)22-10-7-15(8-11-22)5-6-16(23)18-9-12-20(2)3/h13,15H,5-12H2,1-4H3,(H,18,23). The van der Waals surface area contributed by atoms with Gasteiger partial charge in [-0.3, -0.25) is 9.48 Å². The topological polar surface area (TPSA) is 87.5 Å². The number of likely N-dealkylation sites (N-methyl/N-ethyl adjacent to an activating group) is 1. The number of aryl methyl sites for hydroxylation is 2. The van der Waals surface area contributed by atoms with Gasteiger partial charge in [-0.1, -0.05) is 0 Å². The molecule has 0 aliphatic carbocycles. The second-order valence-corrected chi connectivity index (χ2v) is 9.17. The molecule has 2 heterocycles. The first-order chi connectivity index (χ1) is 12.2. The van der Waals surface area contributed by atoms with Gasteiger partial charge in [0.25, 0.3) is 10.0 Å². The SMILES string of the molecule is Cc1cc(S(=O)(=O)N2CCC(CCC(=O)NCCN(C)C)CC2)n(C)n1. The van der Waals surface area contributed by atoms with E-state index in [0.29, 0.717) is 37.7 Å². The predicted octanol–water partition coefficient (Wildman–Crippen LogP) is 0.587. The number of aromatic nitrogens is 2. The van der Waals surface area contributed by atoms with Crippen molar-refractivity contribution in [2.45, 2.75) is 37.6 Å². The number of carbonyl (C=O) groups excluding carboxylic acids is 1. The smallest absolute Gasteiger partial charge is 0.260 e. The molecule has 0 spiro atoms. The molecule has 1 aromatic heterocycles. The van der Waals surface area contributed by atoms with Crippen LogP contribution in [0, 0.1) is 12.8 Å².